The quantitative estimate of drug-likeness (QED) is 0.611. The summed E-state index contributed by atoms with van der Waals surface area (Å²) in [7, 11) is 3.11. The van der Waals surface area contributed by atoms with Gasteiger partial charge in [-0.15, -0.1) is 11.3 Å². The maximum atomic E-state index is 12.6. The first-order chi connectivity index (χ1) is 11.9. The van der Waals surface area contributed by atoms with Gasteiger partial charge in [0, 0.05) is 16.5 Å². The Morgan fingerprint density at radius 2 is 1.52 bits per heavy atom. The van der Waals surface area contributed by atoms with Gasteiger partial charge in [-0.25, -0.2) is 4.98 Å². The van der Waals surface area contributed by atoms with Crippen LogP contribution in [0.5, 0.6) is 11.5 Å². The Balaban J connectivity index is 1.90. The minimum absolute atomic E-state index is 0.587. The van der Waals surface area contributed by atoms with E-state index in [2.05, 4.69) is 4.98 Å². The lowest BCUT2D eigenvalue weighted by Gasteiger charge is -2.08. The Morgan fingerprint density at radius 3 is 2.12 bits per heavy atom. The van der Waals surface area contributed by atoms with E-state index < -0.39 is 11.7 Å². The van der Waals surface area contributed by atoms with E-state index in [0.717, 1.165) is 23.4 Å². The Bertz CT molecular complexity index is 873. The van der Waals surface area contributed by atoms with Crippen molar-refractivity contribution in [3.05, 3.63) is 53.4 Å². The van der Waals surface area contributed by atoms with Crippen LogP contribution in [0.1, 0.15) is 5.56 Å². The number of nitrogens with zero attached hydrogens (tertiary/aromatic N) is 1. The fourth-order valence-electron chi connectivity index (χ4n) is 2.34. The van der Waals surface area contributed by atoms with Crippen molar-refractivity contribution in [2.45, 2.75) is 6.18 Å². The number of halogens is 3. The fourth-order valence-corrected chi connectivity index (χ4v) is 3.17. The molecule has 7 heteroatoms. The van der Waals surface area contributed by atoms with Crippen LogP contribution in [0.4, 0.5) is 13.2 Å². The summed E-state index contributed by atoms with van der Waals surface area (Å²) in [6, 6.07) is 10.4. The predicted molar refractivity (Wildman–Crippen MR) is 91.1 cm³/mol. The molecule has 3 nitrogen and oxygen atoms in total. The highest BCUT2D eigenvalue weighted by atomic mass is 32.1. The van der Waals surface area contributed by atoms with Gasteiger partial charge in [-0.05, 0) is 30.3 Å². The topological polar surface area (TPSA) is 31.4 Å². The molecule has 130 valence electrons. The van der Waals surface area contributed by atoms with Crippen LogP contribution >= 0.6 is 11.3 Å². The summed E-state index contributed by atoms with van der Waals surface area (Å²) < 4.78 is 48.4. The van der Waals surface area contributed by atoms with Crippen molar-refractivity contribution in [1.29, 1.82) is 0 Å². The lowest BCUT2D eigenvalue weighted by molar-refractivity contribution is -0.137. The summed E-state index contributed by atoms with van der Waals surface area (Å²) >= 11 is 1.37. The molecule has 2 aromatic carbocycles. The van der Waals surface area contributed by atoms with Crippen molar-refractivity contribution in [3.63, 3.8) is 0 Å². The Hall–Kier alpha value is -2.54. The van der Waals surface area contributed by atoms with Crippen molar-refractivity contribution < 1.29 is 22.6 Å². The highest BCUT2D eigenvalue weighted by Gasteiger charge is 2.30. The summed E-state index contributed by atoms with van der Waals surface area (Å²) in [4.78, 5) is 4.51. The van der Waals surface area contributed by atoms with Crippen molar-refractivity contribution in [1.82, 2.24) is 4.98 Å². The minimum atomic E-state index is -4.34. The number of benzene rings is 2. The van der Waals surface area contributed by atoms with Crippen LogP contribution < -0.4 is 9.47 Å². The molecule has 0 fully saturated rings. The highest BCUT2D eigenvalue weighted by molar-refractivity contribution is 7.13. The number of ether oxygens (including phenoxy) is 2. The Kier molecular flexibility index (Phi) is 4.67. The van der Waals surface area contributed by atoms with Crippen LogP contribution in [0.25, 0.3) is 21.8 Å². The first kappa shape index (κ1) is 17.3. The lowest BCUT2D eigenvalue weighted by atomic mass is 10.1. The molecular weight excluding hydrogens is 351 g/mol. The van der Waals surface area contributed by atoms with Crippen molar-refractivity contribution >= 4 is 11.3 Å². The summed E-state index contributed by atoms with van der Waals surface area (Å²) in [6.45, 7) is 0. The molecule has 0 radical (unpaired) electrons. The van der Waals surface area contributed by atoms with Gasteiger partial charge < -0.3 is 9.47 Å². The second-order valence-electron chi connectivity index (χ2n) is 5.18. The number of thiazole rings is 1. The zero-order valence-electron chi connectivity index (χ0n) is 13.4. The van der Waals surface area contributed by atoms with E-state index in [-0.39, 0.29) is 0 Å². The molecule has 0 saturated heterocycles. The maximum Gasteiger partial charge on any atom is 0.416 e. The first-order valence-corrected chi connectivity index (χ1v) is 8.16. The molecule has 1 heterocycles. The molecular formula is C18H14F3NO2S. The van der Waals surface area contributed by atoms with Crippen molar-refractivity contribution in [3.8, 4) is 33.3 Å². The number of methoxy groups -OCH3 is 2. The molecule has 0 spiro atoms. The Labute approximate surface area is 146 Å². The highest BCUT2D eigenvalue weighted by Crippen LogP contribution is 2.35. The van der Waals surface area contributed by atoms with E-state index >= 15 is 0 Å². The molecule has 1 aromatic heterocycles. The minimum Gasteiger partial charge on any atom is -0.493 e. The number of hydrogen-bond acceptors (Lipinski definition) is 4. The fraction of sp³-hybridized carbons (Fsp3) is 0.167. The smallest absolute Gasteiger partial charge is 0.416 e. The molecule has 3 rings (SSSR count). The van der Waals surface area contributed by atoms with Crippen LogP contribution in [0.15, 0.2) is 47.8 Å². The average molecular weight is 365 g/mol. The second kappa shape index (κ2) is 6.76. The van der Waals surface area contributed by atoms with Crippen LogP contribution in [-0.4, -0.2) is 19.2 Å². The van der Waals surface area contributed by atoms with E-state index in [1.165, 1.54) is 23.5 Å². The van der Waals surface area contributed by atoms with Crippen LogP contribution in [0.2, 0.25) is 0 Å². The second-order valence-corrected chi connectivity index (χ2v) is 6.04. The zero-order chi connectivity index (χ0) is 18.0. The van der Waals surface area contributed by atoms with E-state index in [1.54, 1.807) is 20.3 Å². The summed E-state index contributed by atoms with van der Waals surface area (Å²) in [5.41, 5.74) is 1.53. The molecule has 0 aliphatic rings. The normalized spacial score (nSPS) is 11.4. The molecule has 0 bridgehead atoms. The molecule has 0 aliphatic heterocycles. The van der Waals surface area contributed by atoms with Gasteiger partial charge in [0.1, 0.15) is 5.01 Å². The monoisotopic (exact) mass is 365 g/mol. The molecule has 0 aliphatic carbocycles. The number of alkyl halides is 3. The largest absolute Gasteiger partial charge is 0.493 e. The maximum absolute atomic E-state index is 12.6. The molecule has 0 saturated carbocycles. The van der Waals surface area contributed by atoms with Crippen LogP contribution in [0.3, 0.4) is 0 Å². The van der Waals surface area contributed by atoms with Gasteiger partial charge in [0.15, 0.2) is 11.5 Å². The van der Waals surface area contributed by atoms with Gasteiger partial charge in [-0.3, -0.25) is 0 Å². The predicted octanol–water partition coefficient (Wildman–Crippen LogP) is 5.51. The van der Waals surface area contributed by atoms with Gasteiger partial charge in [-0.1, -0.05) is 12.1 Å². The third kappa shape index (κ3) is 3.61. The van der Waals surface area contributed by atoms with Crippen molar-refractivity contribution in [2.75, 3.05) is 14.2 Å². The van der Waals surface area contributed by atoms with Crippen molar-refractivity contribution in [2.24, 2.45) is 0 Å². The molecule has 0 amide bonds. The van der Waals surface area contributed by atoms with E-state index in [9.17, 15) is 13.2 Å². The summed E-state index contributed by atoms with van der Waals surface area (Å²) in [5.74, 6) is 1.20. The Morgan fingerprint density at radius 1 is 0.880 bits per heavy atom. The summed E-state index contributed by atoms with van der Waals surface area (Å²) in [5, 5.41) is 2.51. The third-order valence-electron chi connectivity index (χ3n) is 3.64. The molecule has 0 atom stereocenters. The average Bonchev–Trinajstić information content (AvgIpc) is 3.10. The zero-order valence-corrected chi connectivity index (χ0v) is 14.2. The first-order valence-electron chi connectivity index (χ1n) is 7.28. The standard InChI is InChI=1S/C18H14F3NO2S/c1-23-15-8-5-12(9-16(15)24-2)14-10-25-17(22-14)11-3-6-13(7-4-11)18(19,20)21/h3-10H,1-2H3. The number of rotatable bonds is 4. The molecule has 0 N–H and O–H groups in total. The SMILES string of the molecule is COc1ccc(-c2csc(-c3ccc(C(F)(F)F)cc3)n2)cc1OC. The third-order valence-corrected chi connectivity index (χ3v) is 4.53. The number of hydrogen-bond donors (Lipinski definition) is 0. The van der Waals surface area contributed by atoms with Crippen LogP contribution in [-0.2, 0) is 6.18 Å². The van der Waals surface area contributed by atoms with Gasteiger partial charge >= 0.3 is 6.18 Å². The lowest BCUT2D eigenvalue weighted by Crippen LogP contribution is -2.03. The van der Waals surface area contributed by atoms with Crippen LogP contribution in [0, 0.1) is 0 Å². The molecule has 0 unspecified atom stereocenters. The van der Waals surface area contributed by atoms with Gasteiger partial charge in [-0.2, -0.15) is 13.2 Å². The summed E-state index contributed by atoms with van der Waals surface area (Å²) in [6.07, 6.45) is -4.34. The van der Waals surface area contributed by atoms with Gasteiger partial charge in [0.2, 0.25) is 0 Å². The van der Waals surface area contributed by atoms with E-state index in [0.29, 0.717) is 22.1 Å². The van der Waals surface area contributed by atoms with Gasteiger partial charge in [0.25, 0.3) is 0 Å². The molecule has 3 aromatic rings. The van der Waals surface area contributed by atoms with E-state index in [1.807, 2.05) is 17.5 Å². The molecule has 25 heavy (non-hydrogen) atoms. The van der Waals surface area contributed by atoms with Gasteiger partial charge in [0.05, 0.1) is 25.5 Å². The number of aromatic nitrogens is 1. The van der Waals surface area contributed by atoms with E-state index in [4.69, 9.17) is 9.47 Å².